The molecule has 1 saturated carbocycles. The first-order valence-corrected chi connectivity index (χ1v) is 9.84. The van der Waals surface area contributed by atoms with E-state index in [-0.39, 0.29) is 6.03 Å². The Morgan fingerprint density at radius 2 is 1.75 bits per heavy atom. The predicted octanol–water partition coefficient (Wildman–Crippen LogP) is 5.33. The summed E-state index contributed by atoms with van der Waals surface area (Å²) in [5.41, 5.74) is 4.53. The van der Waals surface area contributed by atoms with E-state index in [1.807, 2.05) is 42.5 Å². The van der Waals surface area contributed by atoms with Crippen LogP contribution in [0, 0.1) is 0 Å². The van der Waals surface area contributed by atoms with Gasteiger partial charge in [0, 0.05) is 25.8 Å². The lowest BCUT2D eigenvalue weighted by molar-refractivity contribution is 0.230. The Labute approximate surface area is 164 Å². The standard InChI is InChI=1S/C22H26N4O2/c1-26(2)22(27)24-18-11-8-15(9-12-18)16-10-13-20-19(14-16)25-21(28-20)23-17-6-4-3-5-7-17/h8-14,17H,3-7H2,1-2H3,(H,23,25)(H,24,27). The fourth-order valence-electron chi connectivity index (χ4n) is 3.57. The molecule has 0 saturated heterocycles. The molecule has 1 aromatic heterocycles. The van der Waals surface area contributed by atoms with E-state index in [9.17, 15) is 4.79 Å². The van der Waals surface area contributed by atoms with Crippen molar-refractivity contribution in [1.29, 1.82) is 0 Å². The van der Waals surface area contributed by atoms with E-state index in [0.29, 0.717) is 12.1 Å². The van der Waals surface area contributed by atoms with Crippen LogP contribution in [-0.4, -0.2) is 36.1 Å². The average molecular weight is 378 g/mol. The lowest BCUT2D eigenvalue weighted by atomic mass is 9.96. The molecule has 0 atom stereocenters. The van der Waals surface area contributed by atoms with E-state index in [1.165, 1.54) is 37.0 Å². The highest BCUT2D eigenvalue weighted by molar-refractivity contribution is 5.89. The van der Waals surface area contributed by atoms with Crippen molar-refractivity contribution in [3.05, 3.63) is 42.5 Å². The van der Waals surface area contributed by atoms with Crippen molar-refractivity contribution in [2.45, 2.75) is 38.1 Å². The van der Waals surface area contributed by atoms with Crippen LogP contribution in [0.4, 0.5) is 16.5 Å². The van der Waals surface area contributed by atoms with Crippen LogP contribution in [0.15, 0.2) is 46.9 Å². The molecule has 6 heteroatoms. The van der Waals surface area contributed by atoms with Crippen molar-refractivity contribution in [1.82, 2.24) is 9.88 Å². The van der Waals surface area contributed by atoms with Crippen LogP contribution in [0.3, 0.4) is 0 Å². The van der Waals surface area contributed by atoms with Crippen molar-refractivity contribution in [2.75, 3.05) is 24.7 Å². The lowest BCUT2D eigenvalue weighted by Gasteiger charge is -2.21. The van der Waals surface area contributed by atoms with Gasteiger partial charge in [-0.1, -0.05) is 37.5 Å². The monoisotopic (exact) mass is 378 g/mol. The fraction of sp³-hybridized carbons (Fsp3) is 0.364. The summed E-state index contributed by atoms with van der Waals surface area (Å²) in [5.74, 6) is 0. The molecule has 1 aliphatic carbocycles. The summed E-state index contributed by atoms with van der Waals surface area (Å²) in [5, 5.41) is 6.29. The zero-order chi connectivity index (χ0) is 19.5. The van der Waals surface area contributed by atoms with E-state index in [1.54, 1.807) is 14.1 Å². The summed E-state index contributed by atoms with van der Waals surface area (Å²) in [6.45, 7) is 0. The van der Waals surface area contributed by atoms with Crippen LogP contribution in [0.25, 0.3) is 22.2 Å². The second-order valence-electron chi connectivity index (χ2n) is 7.58. The highest BCUT2D eigenvalue weighted by Crippen LogP contribution is 2.28. The van der Waals surface area contributed by atoms with Gasteiger partial charge in [0.2, 0.25) is 0 Å². The van der Waals surface area contributed by atoms with E-state index in [4.69, 9.17) is 4.42 Å². The topological polar surface area (TPSA) is 70.4 Å². The zero-order valence-corrected chi connectivity index (χ0v) is 16.4. The zero-order valence-electron chi connectivity index (χ0n) is 16.4. The number of anilines is 2. The molecule has 0 unspecified atom stereocenters. The number of amides is 2. The molecular formula is C22H26N4O2. The summed E-state index contributed by atoms with van der Waals surface area (Å²) in [7, 11) is 3.43. The smallest absolute Gasteiger partial charge is 0.321 e. The fourth-order valence-corrected chi connectivity index (χ4v) is 3.57. The summed E-state index contributed by atoms with van der Waals surface area (Å²) in [6, 6.07) is 14.8. The summed E-state index contributed by atoms with van der Waals surface area (Å²) in [6.07, 6.45) is 6.23. The van der Waals surface area contributed by atoms with Crippen molar-refractivity contribution < 1.29 is 9.21 Å². The molecule has 1 fully saturated rings. The highest BCUT2D eigenvalue weighted by Gasteiger charge is 2.16. The highest BCUT2D eigenvalue weighted by atomic mass is 16.4. The third-order valence-corrected chi connectivity index (χ3v) is 5.20. The first-order valence-electron chi connectivity index (χ1n) is 9.84. The van der Waals surface area contributed by atoms with Crippen molar-refractivity contribution >= 4 is 28.8 Å². The molecule has 1 aliphatic rings. The predicted molar refractivity (Wildman–Crippen MR) is 113 cm³/mol. The SMILES string of the molecule is CN(C)C(=O)Nc1ccc(-c2ccc3oc(NC4CCCCC4)nc3c2)cc1. The van der Waals surface area contributed by atoms with Crippen LogP contribution in [-0.2, 0) is 0 Å². The molecule has 4 rings (SSSR count). The van der Waals surface area contributed by atoms with Gasteiger partial charge in [0.1, 0.15) is 5.52 Å². The molecule has 0 radical (unpaired) electrons. The number of fused-ring (bicyclic) bond motifs is 1. The Hall–Kier alpha value is -3.02. The molecule has 0 aliphatic heterocycles. The average Bonchev–Trinajstić information content (AvgIpc) is 3.10. The number of aromatic nitrogens is 1. The molecule has 1 heterocycles. The molecule has 6 nitrogen and oxygen atoms in total. The first-order chi connectivity index (χ1) is 13.6. The van der Waals surface area contributed by atoms with Crippen LogP contribution < -0.4 is 10.6 Å². The Morgan fingerprint density at radius 3 is 2.46 bits per heavy atom. The quantitative estimate of drug-likeness (QED) is 0.643. The minimum absolute atomic E-state index is 0.144. The number of carbonyl (C=O) groups excluding carboxylic acids is 1. The van der Waals surface area contributed by atoms with Gasteiger partial charge in [-0.05, 0) is 48.2 Å². The minimum Gasteiger partial charge on any atom is -0.424 e. The van der Waals surface area contributed by atoms with Crippen molar-refractivity contribution in [3.63, 3.8) is 0 Å². The Bertz CT molecular complexity index is 956. The van der Waals surface area contributed by atoms with Gasteiger partial charge in [-0.2, -0.15) is 4.98 Å². The molecule has 2 aromatic carbocycles. The second-order valence-corrected chi connectivity index (χ2v) is 7.58. The van der Waals surface area contributed by atoms with Gasteiger partial charge in [0.25, 0.3) is 6.01 Å². The minimum atomic E-state index is -0.144. The van der Waals surface area contributed by atoms with Gasteiger partial charge in [-0.25, -0.2) is 4.79 Å². The van der Waals surface area contributed by atoms with Gasteiger partial charge in [-0.15, -0.1) is 0 Å². The molecule has 0 bridgehead atoms. The largest absolute Gasteiger partial charge is 0.424 e. The molecule has 0 spiro atoms. The maximum Gasteiger partial charge on any atom is 0.321 e. The van der Waals surface area contributed by atoms with Gasteiger partial charge in [0.05, 0.1) is 0 Å². The van der Waals surface area contributed by atoms with E-state index in [0.717, 1.165) is 27.9 Å². The first kappa shape index (κ1) is 18.3. The van der Waals surface area contributed by atoms with Crippen molar-refractivity contribution in [3.8, 4) is 11.1 Å². The Morgan fingerprint density at radius 1 is 1.04 bits per heavy atom. The van der Waals surface area contributed by atoms with Crippen LogP contribution >= 0.6 is 0 Å². The maximum atomic E-state index is 11.7. The van der Waals surface area contributed by atoms with E-state index < -0.39 is 0 Å². The Kier molecular flexibility index (Phi) is 5.19. The van der Waals surface area contributed by atoms with E-state index >= 15 is 0 Å². The van der Waals surface area contributed by atoms with Crippen LogP contribution in [0.5, 0.6) is 0 Å². The number of hydrogen-bond donors (Lipinski definition) is 2. The van der Waals surface area contributed by atoms with E-state index in [2.05, 4.69) is 15.6 Å². The normalized spacial score (nSPS) is 14.8. The number of rotatable bonds is 4. The number of carbonyl (C=O) groups is 1. The van der Waals surface area contributed by atoms with Crippen LogP contribution in [0.2, 0.25) is 0 Å². The lowest BCUT2D eigenvalue weighted by Crippen LogP contribution is -2.27. The number of oxazole rings is 1. The van der Waals surface area contributed by atoms with Crippen LogP contribution in [0.1, 0.15) is 32.1 Å². The number of urea groups is 1. The number of nitrogens with zero attached hydrogens (tertiary/aromatic N) is 2. The molecule has 2 amide bonds. The van der Waals surface area contributed by atoms with Gasteiger partial charge in [0.15, 0.2) is 5.58 Å². The third-order valence-electron chi connectivity index (χ3n) is 5.20. The second kappa shape index (κ2) is 7.92. The van der Waals surface area contributed by atoms with Gasteiger partial charge in [-0.3, -0.25) is 0 Å². The summed E-state index contributed by atoms with van der Waals surface area (Å²) >= 11 is 0. The Balaban J connectivity index is 1.50. The number of nitrogens with one attached hydrogen (secondary N) is 2. The molecule has 28 heavy (non-hydrogen) atoms. The molecular weight excluding hydrogens is 352 g/mol. The molecule has 2 N–H and O–H groups in total. The molecule has 3 aromatic rings. The third kappa shape index (κ3) is 4.11. The maximum absolute atomic E-state index is 11.7. The van der Waals surface area contributed by atoms with Gasteiger partial charge >= 0.3 is 6.03 Å². The molecule has 146 valence electrons. The number of benzene rings is 2. The summed E-state index contributed by atoms with van der Waals surface area (Å²) in [4.78, 5) is 17.9. The van der Waals surface area contributed by atoms with Crippen molar-refractivity contribution in [2.24, 2.45) is 0 Å². The summed E-state index contributed by atoms with van der Waals surface area (Å²) < 4.78 is 5.87. The number of hydrogen-bond acceptors (Lipinski definition) is 4. The van der Waals surface area contributed by atoms with Gasteiger partial charge < -0.3 is 20.0 Å².